The Bertz CT molecular complexity index is 364. The van der Waals surface area contributed by atoms with Crippen molar-refractivity contribution in [3.63, 3.8) is 0 Å². The molecule has 0 heterocycles. The molecule has 0 amide bonds. The van der Waals surface area contributed by atoms with Gasteiger partial charge in [-0.05, 0) is 32.0 Å². The van der Waals surface area contributed by atoms with E-state index in [4.69, 9.17) is 27.4 Å². The first-order valence-corrected chi connectivity index (χ1v) is 5.10. The normalized spacial score (nSPS) is 10.1. The zero-order valence-corrected chi connectivity index (χ0v) is 9.93. The molecule has 1 aromatic rings. The monoisotopic (exact) mass is 225 g/mol. The average Bonchev–Trinajstić information content (AvgIpc) is 2.17. The van der Waals surface area contributed by atoms with Crippen molar-refractivity contribution in [3.05, 3.63) is 23.8 Å². The lowest BCUT2D eigenvalue weighted by molar-refractivity contribution is 0.230. The summed E-state index contributed by atoms with van der Waals surface area (Å²) < 4.78 is 10.8. The fraction of sp³-hybridized carbons (Fsp3) is 0.364. The van der Waals surface area contributed by atoms with Crippen LogP contribution < -0.4 is 15.2 Å². The summed E-state index contributed by atoms with van der Waals surface area (Å²) in [5, 5.41) is 0. The Kier molecular flexibility index (Phi) is 3.91. The van der Waals surface area contributed by atoms with E-state index < -0.39 is 0 Å². The largest absolute Gasteiger partial charge is 0.493 e. The predicted octanol–water partition coefficient (Wildman–Crippen LogP) is 2.12. The second kappa shape index (κ2) is 4.98. The topological polar surface area (TPSA) is 44.5 Å². The highest BCUT2D eigenvalue weighted by atomic mass is 32.1. The van der Waals surface area contributed by atoms with Gasteiger partial charge < -0.3 is 15.2 Å². The first-order valence-electron chi connectivity index (χ1n) is 4.69. The van der Waals surface area contributed by atoms with Crippen LogP contribution in [-0.2, 0) is 0 Å². The number of nitrogens with two attached hydrogens (primary N) is 1. The van der Waals surface area contributed by atoms with E-state index in [1.807, 2.05) is 26.0 Å². The zero-order chi connectivity index (χ0) is 11.4. The molecule has 15 heavy (non-hydrogen) atoms. The quantitative estimate of drug-likeness (QED) is 0.797. The number of rotatable bonds is 4. The molecule has 1 aromatic carbocycles. The Balaban J connectivity index is 3.03. The van der Waals surface area contributed by atoms with Crippen molar-refractivity contribution in [2.75, 3.05) is 7.11 Å². The molecular weight excluding hydrogens is 210 g/mol. The SMILES string of the molecule is COc1cc(C(N)=S)ccc1OC(C)C. The molecule has 0 fully saturated rings. The van der Waals surface area contributed by atoms with Gasteiger partial charge in [-0.1, -0.05) is 12.2 Å². The van der Waals surface area contributed by atoms with Gasteiger partial charge in [0, 0.05) is 5.56 Å². The van der Waals surface area contributed by atoms with Gasteiger partial charge >= 0.3 is 0 Å². The van der Waals surface area contributed by atoms with Crippen molar-refractivity contribution in [3.8, 4) is 11.5 Å². The number of hydrogen-bond acceptors (Lipinski definition) is 3. The van der Waals surface area contributed by atoms with Crippen LogP contribution in [0.1, 0.15) is 19.4 Å². The van der Waals surface area contributed by atoms with Gasteiger partial charge in [-0.15, -0.1) is 0 Å². The first kappa shape index (κ1) is 11.8. The number of benzene rings is 1. The molecule has 0 atom stereocenters. The summed E-state index contributed by atoms with van der Waals surface area (Å²) in [6, 6.07) is 5.41. The molecule has 0 saturated heterocycles. The van der Waals surface area contributed by atoms with Gasteiger partial charge in [0.2, 0.25) is 0 Å². The van der Waals surface area contributed by atoms with E-state index in [-0.39, 0.29) is 6.10 Å². The molecule has 0 unspecified atom stereocenters. The van der Waals surface area contributed by atoms with Gasteiger partial charge in [-0.25, -0.2) is 0 Å². The molecular formula is C11H15NO2S. The van der Waals surface area contributed by atoms with Gasteiger partial charge in [-0.3, -0.25) is 0 Å². The second-order valence-corrected chi connectivity index (χ2v) is 3.84. The number of thiocarbonyl (C=S) groups is 1. The minimum absolute atomic E-state index is 0.106. The van der Waals surface area contributed by atoms with Gasteiger partial charge in [0.1, 0.15) is 4.99 Å². The second-order valence-electron chi connectivity index (χ2n) is 3.40. The van der Waals surface area contributed by atoms with Gasteiger partial charge in [0.25, 0.3) is 0 Å². The number of methoxy groups -OCH3 is 1. The lowest BCUT2D eigenvalue weighted by Crippen LogP contribution is -2.11. The summed E-state index contributed by atoms with van der Waals surface area (Å²) >= 11 is 4.88. The van der Waals surface area contributed by atoms with E-state index in [1.165, 1.54) is 0 Å². The van der Waals surface area contributed by atoms with Gasteiger partial charge in [0.05, 0.1) is 13.2 Å². The molecule has 0 aromatic heterocycles. The lowest BCUT2D eigenvalue weighted by Gasteiger charge is -2.14. The third-order valence-corrected chi connectivity index (χ3v) is 2.05. The van der Waals surface area contributed by atoms with Crippen LogP contribution in [0.3, 0.4) is 0 Å². The molecule has 0 spiro atoms. The molecule has 0 aliphatic carbocycles. The Morgan fingerprint density at radius 1 is 1.33 bits per heavy atom. The van der Waals surface area contributed by atoms with Crippen molar-refractivity contribution >= 4 is 17.2 Å². The number of hydrogen-bond donors (Lipinski definition) is 1. The van der Waals surface area contributed by atoms with Gasteiger partial charge in [0.15, 0.2) is 11.5 Å². The Morgan fingerprint density at radius 2 is 2.00 bits per heavy atom. The molecule has 0 radical (unpaired) electrons. The first-order chi connectivity index (χ1) is 7.04. The summed E-state index contributed by atoms with van der Waals surface area (Å²) in [6.07, 6.45) is 0.106. The smallest absolute Gasteiger partial charge is 0.161 e. The fourth-order valence-corrected chi connectivity index (χ4v) is 1.30. The highest BCUT2D eigenvalue weighted by Crippen LogP contribution is 2.28. The molecule has 0 aliphatic heterocycles. The molecule has 1 rings (SSSR count). The van der Waals surface area contributed by atoms with Crippen LogP contribution >= 0.6 is 12.2 Å². The van der Waals surface area contributed by atoms with Crippen LogP contribution in [-0.4, -0.2) is 18.2 Å². The van der Waals surface area contributed by atoms with Crippen LogP contribution in [0, 0.1) is 0 Å². The Hall–Kier alpha value is -1.29. The van der Waals surface area contributed by atoms with Crippen molar-refractivity contribution in [2.24, 2.45) is 5.73 Å². The van der Waals surface area contributed by atoms with Crippen LogP contribution in [0.4, 0.5) is 0 Å². The van der Waals surface area contributed by atoms with E-state index in [0.29, 0.717) is 16.5 Å². The predicted molar refractivity (Wildman–Crippen MR) is 64.6 cm³/mol. The van der Waals surface area contributed by atoms with Crippen LogP contribution in [0.25, 0.3) is 0 Å². The summed E-state index contributed by atoms with van der Waals surface area (Å²) in [4.78, 5) is 0.351. The fourth-order valence-electron chi connectivity index (χ4n) is 1.17. The summed E-state index contributed by atoms with van der Waals surface area (Å²) in [6.45, 7) is 3.92. The third-order valence-electron chi connectivity index (χ3n) is 1.81. The average molecular weight is 225 g/mol. The molecule has 2 N–H and O–H groups in total. The Morgan fingerprint density at radius 3 is 2.47 bits per heavy atom. The highest BCUT2D eigenvalue weighted by molar-refractivity contribution is 7.80. The summed E-state index contributed by atoms with van der Waals surface area (Å²) in [5.74, 6) is 1.35. The van der Waals surface area contributed by atoms with Crippen LogP contribution in [0.2, 0.25) is 0 Å². The maximum Gasteiger partial charge on any atom is 0.161 e. The van der Waals surface area contributed by atoms with E-state index in [2.05, 4.69) is 0 Å². The van der Waals surface area contributed by atoms with E-state index in [9.17, 15) is 0 Å². The molecule has 82 valence electrons. The van der Waals surface area contributed by atoms with Crippen molar-refractivity contribution in [1.29, 1.82) is 0 Å². The molecule has 3 nitrogen and oxygen atoms in total. The molecule has 0 bridgehead atoms. The van der Waals surface area contributed by atoms with Crippen LogP contribution in [0.15, 0.2) is 18.2 Å². The summed E-state index contributed by atoms with van der Waals surface area (Å²) in [7, 11) is 1.59. The Labute approximate surface area is 95.2 Å². The minimum Gasteiger partial charge on any atom is -0.493 e. The third kappa shape index (κ3) is 3.09. The molecule has 0 saturated carbocycles. The lowest BCUT2D eigenvalue weighted by atomic mass is 10.2. The standard InChI is InChI=1S/C11H15NO2S/c1-7(2)14-9-5-4-8(11(12)15)6-10(9)13-3/h4-7H,1-3H3,(H2,12,15). The maximum absolute atomic E-state index is 5.56. The highest BCUT2D eigenvalue weighted by Gasteiger charge is 2.08. The van der Waals surface area contributed by atoms with E-state index in [1.54, 1.807) is 13.2 Å². The number of ether oxygens (including phenoxy) is 2. The van der Waals surface area contributed by atoms with Crippen molar-refractivity contribution in [2.45, 2.75) is 20.0 Å². The molecule has 0 aliphatic rings. The van der Waals surface area contributed by atoms with E-state index in [0.717, 1.165) is 5.56 Å². The van der Waals surface area contributed by atoms with Gasteiger partial charge in [-0.2, -0.15) is 0 Å². The van der Waals surface area contributed by atoms with E-state index >= 15 is 0 Å². The minimum atomic E-state index is 0.106. The zero-order valence-electron chi connectivity index (χ0n) is 9.11. The maximum atomic E-state index is 5.56. The van der Waals surface area contributed by atoms with Crippen molar-refractivity contribution in [1.82, 2.24) is 0 Å². The van der Waals surface area contributed by atoms with Crippen LogP contribution in [0.5, 0.6) is 11.5 Å². The van der Waals surface area contributed by atoms with Crippen molar-refractivity contribution < 1.29 is 9.47 Å². The molecule has 4 heteroatoms. The summed E-state index contributed by atoms with van der Waals surface area (Å²) in [5.41, 5.74) is 6.30.